The fraction of sp³-hybridized carbons (Fsp3) is 0.842. The Morgan fingerprint density at radius 1 is 1.15 bits per heavy atom. The summed E-state index contributed by atoms with van der Waals surface area (Å²) >= 11 is 0. The van der Waals surface area contributed by atoms with Crippen molar-refractivity contribution in [1.29, 1.82) is 0 Å². The molecule has 1 N–H and O–H groups in total. The van der Waals surface area contributed by atoms with Gasteiger partial charge in [-0.25, -0.2) is 4.99 Å². The summed E-state index contributed by atoms with van der Waals surface area (Å²) in [6, 6.07) is 0.483. The normalized spacial score (nSPS) is 23.1. The van der Waals surface area contributed by atoms with Gasteiger partial charge in [0.1, 0.15) is 6.54 Å². The second kappa shape index (κ2) is 7.84. The van der Waals surface area contributed by atoms with E-state index < -0.39 is 0 Å². The minimum absolute atomic E-state index is 0.00912. The summed E-state index contributed by atoms with van der Waals surface area (Å²) in [7, 11) is 3.52. The Morgan fingerprint density at radius 3 is 2.42 bits per heavy atom. The van der Waals surface area contributed by atoms with Crippen LogP contribution < -0.4 is 5.32 Å². The maximum Gasteiger partial charge on any atom is 0.243 e. The molecule has 0 aromatic rings. The molecule has 0 radical (unpaired) electrons. The highest BCUT2D eigenvalue weighted by Gasteiger charge is 2.44. The van der Waals surface area contributed by atoms with Crippen LogP contribution in [-0.2, 0) is 9.59 Å². The van der Waals surface area contributed by atoms with Gasteiger partial charge in [-0.3, -0.25) is 9.59 Å². The van der Waals surface area contributed by atoms with Crippen molar-refractivity contribution in [1.82, 2.24) is 20.0 Å². The molecule has 1 aliphatic heterocycles. The van der Waals surface area contributed by atoms with Gasteiger partial charge in [0, 0.05) is 46.7 Å². The number of carbonyl (C=O) groups is 2. The predicted molar refractivity (Wildman–Crippen MR) is 102 cm³/mol. The zero-order chi connectivity index (χ0) is 18.7. The predicted octanol–water partition coefficient (Wildman–Crippen LogP) is 1.05. The van der Waals surface area contributed by atoms with Crippen molar-refractivity contribution in [2.45, 2.75) is 63.5 Å². The molecular formula is C19H33N5O2. The average molecular weight is 364 g/mol. The van der Waals surface area contributed by atoms with Crippen molar-refractivity contribution < 1.29 is 9.59 Å². The van der Waals surface area contributed by atoms with Gasteiger partial charge < -0.3 is 20.0 Å². The smallest absolute Gasteiger partial charge is 0.243 e. The summed E-state index contributed by atoms with van der Waals surface area (Å²) in [5, 5.41) is 3.52. The fourth-order valence-corrected chi connectivity index (χ4v) is 4.22. The van der Waals surface area contributed by atoms with E-state index in [1.165, 1.54) is 32.1 Å². The molecule has 2 saturated carbocycles. The van der Waals surface area contributed by atoms with E-state index in [0.29, 0.717) is 6.04 Å². The molecule has 7 heteroatoms. The summed E-state index contributed by atoms with van der Waals surface area (Å²) in [6.45, 7) is 4.20. The quantitative estimate of drug-likeness (QED) is 0.601. The fourth-order valence-electron chi connectivity index (χ4n) is 4.22. The minimum Gasteiger partial charge on any atom is -0.353 e. The molecule has 2 aliphatic carbocycles. The Bertz CT molecular complexity index is 564. The van der Waals surface area contributed by atoms with Crippen LogP contribution in [0.4, 0.5) is 0 Å². The van der Waals surface area contributed by atoms with E-state index >= 15 is 0 Å². The summed E-state index contributed by atoms with van der Waals surface area (Å²) in [5.74, 6) is 1.04. The lowest BCUT2D eigenvalue weighted by molar-refractivity contribution is -0.140. The number of rotatable bonds is 3. The van der Waals surface area contributed by atoms with Crippen LogP contribution >= 0.6 is 0 Å². The Hall–Kier alpha value is -1.79. The largest absolute Gasteiger partial charge is 0.353 e. The first-order chi connectivity index (χ1) is 12.4. The summed E-state index contributed by atoms with van der Waals surface area (Å²) in [5.41, 5.74) is -0.0696. The van der Waals surface area contributed by atoms with E-state index in [1.807, 2.05) is 0 Å². The van der Waals surface area contributed by atoms with Gasteiger partial charge in [-0.15, -0.1) is 0 Å². The van der Waals surface area contributed by atoms with Crippen molar-refractivity contribution in [2.24, 2.45) is 4.99 Å². The molecule has 3 fully saturated rings. The van der Waals surface area contributed by atoms with Crippen LogP contribution in [0, 0.1) is 0 Å². The molecule has 7 nitrogen and oxygen atoms in total. The molecule has 26 heavy (non-hydrogen) atoms. The third-order valence-electron chi connectivity index (χ3n) is 5.89. The SMILES string of the molecule is CC(=O)N1CCN(C(=NCC(=O)N(C)C)NC2CC2)CC12CCCCC2. The minimum atomic E-state index is -0.0696. The number of hydrogen-bond donors (Lipinski definition) is 1. The molecule has 1 spiro atoms. The van der Waals surface area contributed by atoms with Crippen LogP contribution in [0.15, 0.2) is 4.99 Å². The van der Waals surface area contributed by atoms with E-state index in [0.717, 1.165) is 38.4 Å². The van der Waals surface area contributed by atoms with Gasteiger partial charge >= 0.3 is 0 Å². The summed E-state index contributed by atoms with van der Waals surface area (Å²) in [6.07, 6.45) is 8.08. The molecule has 3 rings (SSSR count). The Labute approximate surface area is 156 Å². The van der Waals surface area contributed by atoms with Crippen LogP contribution in [0.2, 0.25) is 0 Å². The zero-order valence-corrected chi connectivity index (χ0v) is 16.5. The lowest BCUT2D eigenvalue weighted by Crippen LogP contribution is -2.66. The van der Waals surface area contributed by atoms with Gasteiger partial charge in [0.05, 0.1) is 5.54 Å². The van der Waals surface area contributed by atoms with Gasteiger partial charge in [0.15, 0.2) is 5.96 Å². The van der Waals surface area contributed by atoms with E-state index in [2.05, 4.69) is 20.1 Å². The number of hydrogen-bond acceptors (Lipinski definition) is 3. The van der Waals surface area contributed by atoms with Crippen molar-refractivity contribution in [3.63, 3.8) is 0 Å². The second-order valence-electron chi connectivity index (χ2n) is 8.22. The van der Waals surface area contributed by atoms with Crippen LogP contribution in [-0.4, -0.2) is 84.3 Å². The summed E-state index contributed by atoms with van der Waals surface area (Å²) in [4.78, 5) is 34.8. The van der Waals surface area contributed by atoms with Crippen molar-refractivity contribution in [3.8, 4) is 0 Å². The van der Waals surface area contributed by atoms with Crippen molar-refractivity contribution in [3.05, 3.63) is 0 Å². The van der Waals surface area contributed by atoms with Crippen LogP contribution in [0.25, 0.3) is 0 Å². The van der Waals surface area contributed by atoms with Gasteiger partial charge in [0.25, 0.3) is 0 Å². The lowest BCUT2D eigenvalue weighted by Gasteiger charge is -2.53. The van der Waals surface area contributed by atoms with E-state index in [4.69, 9.17) is 0 Å². The first kappa shape index (κ1) is 19.0. The van der Waals surface area contributed by atoms with Gasteiger partial charge in [-0.05, 0) is 25.7 Å². The lowest BCUT2D eigenvalue weighted by atomic mass is 9.78. The molecule has 146 valence electrons. The molecule has 1 saturated heterocycles. The highest BCUT2D eigenvalue weighted by atomic mass is 16.2. The first-order valence-electron chi connectivity index (χ1n) is 9.96. The highest BCUT2D eigenvalue weighted by Crippen LogP contribution is 2.37. The van der Waals surface area contributed by atoms with Gasteiger partial charge in [0.2, 0.25) is 11.8 Å². The average Bonchev–Trinajstić information content (AvgIpc) is 3.42. The maximum atomic E-state index is 12.2. The highest BCUT2D eigenvalue weighted by molar-refractivity contribution is 5.85. The molecule has 3 aliphatic rings. The van der Waals surface area contributed by atoms with Crippen LogP contribution in [0.3, 0.4) is 0 Å². The number of piperazine rings is 1. The number of carbonyl (C=O) groups excluding carboxylic acids is 2. The second-order valence-corrected chi connectivity index (χ2v) is 8.22. The van der Waals surface area contributed by atoms with E-state index in [1.54, 1.807) is 25.9 Å². The number of nitrogens with zero attached hydrogens (tertiary/aromatic N) is 4. The Balaban J connectivity index is 1.77. The molecule has 0 bridgehead atoms. The molecule has 0 aromatic carbocycles. The topological polar surface area (TPSA) is 68.2 Å². The maximum absolute atomic E-state index is 12.2. The number of guanidine groups is 1. The van der Waals surface area contributed by atoms with Crippen LogP contribution in [0.5, 0.6) is 0 Å². The zero-order valence-electron chi connectivity index (χ0n) is 16.5. The van der Waals surface area contributed by atoms with Gasteiger partial charge in [-0.1, -0.05) is 19.3 Å². The third kappa shape index (κ3) is 4.30. The van der Waals surface area contributed by atoms with Crippen molar-refractivity contribution >= 4 is 17.8 Å². The van der Waals surface area contributed by atoms with E-state index in [-0.39, 0.29) is 23.9 Å². The van der Waals surface area contributed by atoms with Gasteiger partial charge in [-0.2, -0.15) is 0 Å². The Morgan fingerprint density at radius 2 is 1.85 bits per heavy atom. The number of amides is 2. The molecular weight excluding hydrogens is 330 g/mol. The van der Waals surface area contributed by atoms with E-state index in [9.17, 15) is 9.59 Å². The molecule has 0 atom stereocenters. The van der Waals surface area contributed by atoms with Crippen LogP contribution in [0.1, 0.15) is 51.9 Å². The number of aliphatic imine (C=N–C) groups is 1. The number of nitrogens with one attached hydrogen (secondary N) is 1. The third-order valence-corrected chi connectivity index (χ3v) is 5.89. The molecule has 1 heterocycles. The number of likely N-dealkylation sites (N-methyl/N-ethyl adjacent to an activating group) is 1. The summed E-state index contributed by atoms with van der Waals surface area (Å²) < 4.78 is 0. The molecule has 2 amide bonds. The monoisotopic (exact) mass is 363 g/mol. The molecule has 0 unspecified atom stereocenters. The Kier molecular flexibility index (Phi) is 5.73. The standard InChI is InChI=1S/C19H33N5O2/c1-15(25)24-12-11-23(14-19(24)9-5-4-6-10-19)18(21-16-7-8-16)20-13-17(26)22(2)3/h16H,4-14H2,1-3H3,(H,20,21). The molecule has 0 aromatic heterocycles. The first-order valence-corrected chi connectivity index (χ1v) is 9.96. The van der Waals surface area contributed by atoms with Crippen molar-refractivity contribution in [2.75, 3.05) is 40.3 Å².